The van der Waals surface area contributed by atoms with Crippen LogP contribution in [0.15, 0.2) is 36.4 Å². The van der Waals surface area contributed by atoms with E-state index < -0.39 is 0 Å². The van der Waals surface area contributed by atoms with Crippen molar-refractivity contribution in [3.63, 3.8) is 0 Å². The van der Waals surface area contributed by atoms with Gasteiger partial charge in [-0.05, 0) is 57.7 Å². The summed E-state index contributed by atoms with van der Waals surface area (Å²) in [5, 5.41) is 24.6. The second-order valence-electron chi connectivity index (χ2n) is 9.30. The van der Waals surface area contributed by atoms with Crippen LogP contribution in [0.25, 0.3) is 11.3 Å². The van der Waals surface area contributed by atoms with Gasteiger partial charge in [0, 0.05) is 61.0 Å². The van der Waals surface area contributed by atoms with E-state index in [1.807, 2.05) is 7.05 Å². The van der Waals surface area contributed by atoms with E-state index in [1.54, 1.807) is 37.7 Å². The van der Waals surface area contributed by atoms with E-state index in [0.717, 1.165) is 12.8 Å². The molecule has 1 aromatic heterocycles. The molecule has 1 unspecified atom stereocenters. The minimum Gasteiger partial charge on any atom is -0.506 e. The Bertz CT molecular complexity index is 922. The van der Waals surface area contributed by atoms with Crippen LogP contribution in [0.3, 0.4) is 0 Å². The fourth-order valence-corrected chi connectivity index (χ4v) is 4.47. The Morgan fingerprint density at radius 2 is 2.03 bits per heavy atom. The Labute approximate surface area is 184 Å². The van der Waals surface area contributed by atoms with Crippen LogP contribution in [0.5, 0.6) is 5.75 Å². The molecule has 8 heteroatoms. The smallest absolute Gasteiger partial charge is 0.143 e. The first-order valence-corrected chi connectivity index (χ1v) is 10.6. The van der Waals surface area contributed by atoms with Gasteiger partial charge in [0.25, 0.3) is 0 Å². The van der Waals surface area contributed by atoms with Gasteiger partial charge in [-0.1, -0.05) is 0 Å². The molecule has 2 heterocycles. The highest BCUT2D eigenvalue weighted by Gasteiger charge is 2.51. The molecule has 3 rings (SSSR count). The Balaban J connectivity index is 1.75. The van der Waals surface area contributed by atoms with Crippen molar-refractivity contribution in [2.24, 2.45) is 11.5 Å². The number of piperidine rings is 1. The van der Waals surface area contributed by atoms with Gasteiger partial charge in [0.15, 0.2) is 0 Å². The highest BCUT2D eigenvalue weighted by atomic mass is 16.3. The number of rotatable bonds is 7. The molecule has 1 aliphatic carbocycles. The molecule has 1 saturated carbocycles. The van der Waals surface area contributed by atoms with Crippen molar-refractivity contribution in [1.82, 2.24) is 20.5 Å². The van der Waals surface area contributed by atoms with Crippen LogP contribution in [0, 0.1) is 5.41 Å². The SMILES string of the molecule is CN/C=C(\C=N)c1cnc(/C(N)=C/C=C(\N)N(C)C2CC(C)(C)NC3(CC3)C2)c(O)c1. The number of nitrogens with zero attached hydrogens (tertiary/aromatic N) is 2. The number of hydrogen-bond acceptors (Lipinski definition) is 8. The Morgan fingerprint density at radius 3 is 2.61 bits per heavy atom. The van der Waals surface area contributed by atoms with Gasteiger partial charge in [0.1, 0.15) is 11.4 Å². The molecule has 31 heavy (non-hydrogen) atoms. The fraction of sp³-hybridized carbons (Fsp3) is 0.478. The average Bonchev–Trinajstić information content (AvgIpc) is 3.45. The van der Waals surface area contributed by atoms with Crippen molar-refractivity contribution < 1.29 is 5.11 Å². The lowest BCUT2D eigenvalue weighted by molar-refractivity contribution is 0.127. The van der Waals surface area contributed by atoms with Crippen molar-refractivity contribution >= 4 is 17.5 Å². The Hall–Kier alpha value is -3.00. The van der Waals surface area contributed by atoms with Crippen LogP contribution >= 0.6 is 0 Å². The quantitative estimate of drug-likeness (QED) is 0.291. The van der Waals surface area contributed by atoms with Gasteiger partial charge in [0.05, 0.1) is 11.5 Å². The lowest BCUT2D eigenvalue weighted by Crippen LogP contribution is -2.58. The first kappa shape index (κ1) is 22.7. The summed E-state index contributed by atoms with van der Waals surface area (Å²) in [6.45, 7) is 4.50. The van der Waals surface area contributed by atoms with Gasteiger partial charge < -0.3 is 37.5 Å². The molecule has 168 valence electrons. The summed E-state index contributed by atoms with van der Waals surface area (Å²) in [4.78, 5) is 6.41. The van der Waals surface area contributed by atoms with Gasteiger partial charge >= 0.3 is 0 Å². The third kappa shape index (κ3) is 5.19. The zero-order chi connectivity index (χ0) is 22.8. The van der Waals surface area contributed by atoms with Crippen LogP contribution in [0.4, 0.5) is 0 Å². The molecule has 0 amide bonds. The predicted molar refractivity (Wildman–Crippen MR) is 126 cm³/mol. The highest BCUT2D eigenvalue weighted by molar-refractivity contribution is 6.08. The topological polar surface area (TPSA) is 136 Å². The van der Waals surface area contributed by atoms with Crippen molar-refractivity contribution in [3.8, 4) is 5.75 Å². The number of aromatic nitrogens is 1. The summed E-state index contributed by atoms with van der Waals surface area (Å²) in [7, 11) is 3.77. The van der Waals surface area contributed by atoms with Crippen LogP contribution in [0.1, 0.15) is 50.8 Å². The molecule has 0 bridgehead atoms. The normalized spacial score (nSPS) is 22.8. The van der Waals surface area contributed by atoms with Crippen LogP contribution in [-0.4, -0.2) is 52.4 Å². The van der Waals surface area contributed by atoms with Gasteiger partial charge in [-0.3, -0.25) is 4.98 Å². The fourth-order valence-electron chi connectivity index (χ4n) is 4.47. The zero-order valence-electron chi connectivity index (χ0n) is 18.9. The summed E-state index contributed by atoms with van der Waals surface area (Å²) >= 11 is 0. The van der Waals surface area contributed by atoms with Crippen LogP contribution in [-0.2, 0) is 0 Å². The second kappa shape index (κ2) is 8.63. The van der Waals surface area contributed by atoms with Crippen LogP contribution in [0.2, 0.25) is 0 Å². The third-order valence-corrected chi connectivity index (χ3v) is 6.15. The van der Waals surface area contributed by atoms with Crippen molar-refractivity contribution in [3.05, 3.63) is 47.7 Å². The standard InChI is InChI=1S/C23H35N7O/c1-22(2)10-17(11-23(29-22)7-8-23)30(4)20(26)6-5-18(25)21-19(31)9-15(14-28-21)16(12-24)13-27-3/h5-6,9,12-14,17,24,27,29,31H,7-8,10-11,25-26H2,1-4H3/b16-13+,18-5-,20-6+,24-12?. The number of pyridine rings is 1. The number of nitrogens with one attached hydrogen (secondary N) is 3. The van der Waals surface area contributed by atoms with E-state index in [-0.39, 0.29) is 22.5 Å². The largest absolute Gasteiger partial charge is 0.506 e. The number of nitrogens with two attached hydrogens (primary N) is 2. The second-order valence-corrected chi connectivity index (χ2v) is 9.30. The molecular weight excluding hydrogens is 390 g/mol. The summed E-state index contributed by atoms with van der Waals surface area (Å²) in [5.74, 6) is 0.576. The summed E-state index contributed by atoms with van der Waals surface area (Å²) < 4.78 is 0. The third-order valence-electron chi connectivity index (χ3n) is 6.15. The molecule has 0 radical (unpaired) electrons. The molecular formula is C23H35N7O. The maximum atomic E-state index is 10.4. The summed E-state index contributed by atoms with van der Waals surface area (Å²) in [6, 6.07) is 1.90. The predicted octanol–water partition coefficient (Wildman–Crippen LogP) is 2.09. The number of allylic oxidation sites excluding steroid dienone is 3. The first-order chi connectivity index (χ1) is 14.6. The number of hydrogen-bond donors (Lipinski definition) is 6. The zero-order valence-corrected chi connectivity index (χ0v) is 18.9. The lowest BCUT2D eigenvalue weighted by atomic mass is 9.83. The molecule has 0 aromatic carbocycles. The first-order valence-electron chi connectivity index (χ1n) is 10.6. The summed E-state index contributed by atoms with van der Waals surface area (Å²) in [6.07, 6.45) is 12.4. The molecule has 8 nitrogen and oxygen atoms in total. The number of aromatic hydroxyl groups is 1. The van der Waals surface area contributed by atoms with Crippen LogP contribution < -0.4 is 22.1 Å². The maximum absolute atomic E-state index is 10.4. The molecule has 1 aliphatic heterocycles. The monoisotopic (exact) mass is 425 g/mol. The van der Waals surface area contributed by atoms with E-state index in [1.165, 1.54) is 19.1 Å². The molecule has 1 aromatic rings. The molecule has 1 spiro atoms. The van der Waals surface area contributed by atoms with Crippen molar-refractivity contribution in [2.45, 2.75) is 56.7 Å². The Kier molecular flexibility index (Phi) is 6.31. The van der Waals surface area contributed by atoms with E-state index in [2.05, 4.69) is 34.4 Å². The van der Waals surface area contributed by atoms with E-state index in [9.17, 15) is 5.11 Å². The minimum absolute atomic E-state index is 0.0498. The lowest BCUT2D eigenvalue weighted by Gasteiger charge is -2.46. The maximum Gasteiger partial charge on any atom is 0.143 e. The highest BCUT2D eigenvalue weighted by Crippen LogP contribution is 2.46. The van der Waals surface area contributed by atoms with Gasteiger partial charge in [-0.15, -0.1) is 0 Å². The Morgan fingerprint density at radius 1 is 1.32 bits per heavy atom. The van der Waals surface area contributed by atoms with E-state index in [0.29, 0.717) is 28.7 Å². The molecule has 1 atom stereocenters. The van der Waals surface area contributed by atoms with Gasteiger partial charge in [-0.2, -0.15) is 0 Å². The van der Waals surface area contributed by atoms with E-state index in [4.69, 9.17) is 16.9 Å². The van der Waals surface area contributed by atoms with Gasteiger partial charge in [-0.25, -0.2) is 0 Å². The molecule has 1 saturated heterocycles. The molecule has 2 fully saturated rings. The van der Waals surface area contributed by atoms with Crippen molar-refractivity contribution in [2.75, 3.05) is 14.1 Å². The van der Waals surface area contributed by atoms with Crippen molar-refractivity contribution in [1.29, 1.82) is 5.41 Å². The molecule has 8 N–H and O–H groups in total. The minimum atomic E-state index is -0.0498. The average molecular weight is 426 g/mol. The molecule has 2 aliphatic rings. The van der Waals surface area contributed by atoms with E-state index >= 15 is 0 Å². The summed E-state index contributed by atoms with van der Waals surface area (Å²) in [5.41, 5.74) is 14.7. The van der Waals surface area contributed by atoms with Gasteiger partial charge in [0.2, 0.25) is 0 Å².